The fourth-order valence-electron chi connectivity index (χ4n) is 4.75. The lowest BCUT2D eigenvalue weighted by molar-refractivity contribution is -0.139. The molecular weight excluding hydrogens is 428 g/mol. The highest BCUT2D eigenvalue weighted by atomic mass is 32.2. The summed E-state index contributed by atoms with van der Waals surface area (Å²) in [5.74, 6) is 1.18. The van der Waals surface area contributed by atoms with Crippen molar-refractivity contribution in [2.75, 3.05) is 5.75 Å². The summed E-state index contributed by atoms with van der Waals surface area (Å²) in [5.41, 5.74) is 5.96. The van der Waals surface area contributed by atoms with Crippen LogP contribution in [-0.2, 0) is 21.9 Å². The molecule has 1 fully saturated rings. The van der Waals surface area contributed by atoms with Gasteiger partial charge in [0.1, 0.15) is 6.04 Å². The molecule has 1 atom stereocenters. The van der Waals surface area contributed by atoms with Gasteiger partial charge in [-0.3, -0.25) is 9.59 Å². The molecular formula is C28H38N2O2S. The summed E-state index contributed by atoms with van der Waals surface area (Å²) in [7, 11) is 0. The lowest BCUT2D eigenvalue weighted by atomic mass is 10.1. The largest absolute Gasteiger partial charge is 0.352 e. The van der Waals surface area contributed by atoms with Gasteiger partial charge in [-0.05, 0) is 56.7 Å². The summed E-state index contributed by atoms with van der Waals surface area (Å²) in [5, 5.41) is 3.22. The van der Waals surface area contributed by atoms with Gasteiger partial charge < -0.3 is 10.2 Å². The normalized spacial score (nSPS) is 14.8. The first kappa shape index (κ1) is 25.4. The Balaban J connectivity index is 1.72. The van der Waals surface area contributed by atoms with Crippen molar-refractivity contribution in [1.82, 2.24) is 10.2 Å². The van der Waals surface area contributed by atoms with E-state index in [1.807, 2.05) is 19.1 Å². The van der Waals surface area contributed by atoms with Crippen LogP contribution in [0.4, 0.5) is 0 Å². The van der Waals surface area contributed by atoms with Gasteiger partial charge >= 0.3 is 0 Å². The van der Waals surface area contributed by atoms with Crippen LogP contribution in [0.3, 0.4) is 0 Å². The molecule has 5 heteroatoms. The van der Waals surface area contributed by atoms with Crippen molar-refractivity contribution in [1.29, 1.82) is 0 Å². The van der Waals surface area contributed by atoms with Crippen molar-refractivity contribution in [3.05, 3.63) is 70.3 Å². The van der Waals surface area contributed by atoms with Crippen molar-refractivity contribution in [2.24, 2.45) is 0 Å². The number of hydrogen-bond acceptors (Lipinski definition) is 3. The third-order valence-electron chi connectivity index (χ3n) is 6.47. The summed E-state index contributed by atoms with van der Waals surface area (Å²) >= 11 is 1.62. The minimum absolute atomic E-state index is 0.00866. The van der Waals surface area contributed by atoms with E-state index in [4.69, 9.17) is 0 Å². The van der Waals surface area contributed by atoms with Gasteiger partial charge in [0, 0.05) is 18.3 Å². The van der Waals surface area contributed by atoms with Crippen LogP contribution >= 0.6 is 11.8 Å². The Kier molecular flexibility index (Phi) is 9.42. The van der Waals surface area contributed by atoms with E-state index in [0.29, 0.717) is 18.7 Å². The predicted octanol–water partition coefficient (Wildman–Crippen LogP) is 5.71. The molecule has 2 amide bonds. The number of amides is 2. The van der Waals surface area contributed by atoms with Gasteiger partial charge in [0.05, 0.1) is 5.75 Å². The van der Waals surface area contributed by atoms with E-state index in [9.17, 15) is 9.59 Å². The van der Waals surface area contributed by atoms with Gasteiger partial charge in [0.15, 0.2) is 0 Å². The Labute approximate surface area is 203 Å². The van der Waals surface area contributed by atoms with Crippen molar-refractivity contribution in [2.45, 2.75) is 84.2 Å². The number of nitrogens with zero attached hydrogens (tertiary/aromatic N) is 1. The van der Waals surface area contributed by atoms with Crippen LogP contribution in [0, 0.1) is 20.8 Å². The number of thioether (sulfide) groups is 1. The van der Waals surface area contributed by atoms with Crippen LogP contribution in [0.5, 0.6) is 0 Å². The minimum atomic E-state index is -0.445. The number of carbonyl (C=O) groups is 2. The van der Waals surface area contributed by atoms with Crippen LogP contribution in [0.1, 0.15) is 66.8 Å². The third kappa shape index (κ3) is 7.36. The Morgan fingerprint density at radius 1 is 1.06 bits per heavy atom. The molecule has 4 nitrogen and oxygen atoms in total. The van der Waals surface area contributed by atoms with Crippen molar-refractivity contribution in [3.8, 4) is 0 Å². The monoisotopic (exact) mass is 466 g/mol. The van der Waals surface area contributed by atoms with Gasteiger partial charge in [-0.2, -0.15) is 0 Å². The molecule has 0 heterocycles. The van der Waals surface area contributed by atoms with Crippen LogP contribution in [0.2, 0.25) is 0 Å². The second-order valence-electron chi connectivity index (χ2n) is 9.35. The van der Waals surface area contributed by atoms with E-state index in [0.717, 1.165) is 29.7 Å². The second kappa shape index (κ2) is 12.3. The van der Waals surface area contributed by atoms with E-state index in [1.165, 1.54) is 29.5 Å². The molecule has 0 radical (unpaired) electrons. The second-order valence-corrected chi connectivity index (χ2v) is 10.3. The highest BCUT2D eigenvalue weighted by molar-refractivity contribution is 7.99. The molecule has 1 aliphatic carbocycles. The molecule has 0 aliphatic heterocycles. The maximum Gasteiger partial charge on any atom is 0.243 e. The number of nitrogens with one attached hydrogen (secondary N) is 1. The number of rotatable bonds is 10. The fourth-order valence-corrected chi connectivity index (χ4v) is 5.59. The summed E-state index contributed by atoms with van der Waals surface area (Å²) in [6.45, 7) is 8.73. The lowest BCUT2D eigenvalue weighted by Gasteiger charge is -2.32. The molecule has 1 N–H and O–H groups in total. The van der Waals surface area contributed by atoms with Gasteiger partial charge in [0.2, 0.25) is 11.8 Å². The molecule has 1 aliphatic rings. The van der Waals surface area contributed by atoms with E-state index in [1.54, 1.807) is 16.7 Å². The van der Waals surface area contributed by atoms with Crippen molar-refractivity contribution >= 4 is 23.6 Å². The molecule has 1 unspecified atom stereocenters. The summed E-state index contributed by atoms with van der Waals surface area (Å²) < 4.78 is 0. The molecule has 0 aromatic heterocycles. The Morgan fingerprint density at radius 2 is 1.73 bits per heavy atom. The van der Waals surface area contributed by atoms with E-state index in [-0.39, 0.29) is 17.9 Å². The van der Waals surface area contributed by atoms with E-state index in [2.05, 4.69) is 56.4 Å². The summed E-state index contributed by atoms with van der Waals surface area (Å²) in [6.07, 6.45) is 5.03. The van der Waals surface area contributed by atoms with E-state index < -0.39 is 6.04 Å². The maximum absolute atomic E-state index is 13.5. The highest BCUT2D eigenvalue weighted by Crippen LogP contribution is 2.22. The van der Waals surface area contributed by atoms with Gasteiger partial charge in [-0.15, -0.1) is 11.8 Å². The number of hydrogen-bond donors (Lipinski definition) is 1. The Hall–Kier alpha value is -2.27. The first-order chi connectivity index (χ1) is 15.9. The Morgan fingerprint density at radius 3 is 2.36 bits per heavy atom. The first-order valence-electron chi connectivity index (χ1n) is 12.2. The van der Waals surface area contributed by atoms with Gasteiger partial charge in [0.25, 0.3) is 0 Å². The SMILES string of the molecule is CCC(C(=O)NC1CCCC1)N(Cc1ccccc1C)C(=O)CSCc1cc(C)cc(C)c1. The smallest absolute Gasteiger partial charge is 0.243 e. The third-order valence-corrected chi connectivity index (χ3v) is 7.45. The molecule has 3 rings (SSSR count). The van der Waals surface area contributed by atoms with Gasteiger partial charge in [-0.1, -0.05) is 73.4 Å². The number of aryl methyl sites for hydroxylation is 3. The molecule has 33 heavy (non-hydrogen) atoms. The van der Waals surface area contributed by atoms with Crippen LogP contribution in [0.15, 0.2) is 42.5 Å². The number of carbonyl (C=O) groups excluding carboxylic acids is 2. The molecule has 0 spiro atoms. The zero-order valence-electron chi connectivity index (χ0n) is 20.5. The van der Waals surface area contributed by atoms with E-state index >= 15 is 0 Å². The van der Waals surface area contributed by atoms with Crippen LogP contribution < -0.4 is 5.32 Å². The highest BCUT2D eigenvalue weighted by Gasteiger charge is 2.30. The summed E-state index contributed by atoms with van der Waals surface area (Å²) in [4.78, 5) is 28.5. The van der Waals surface area contributed by atoms with Crippen molar-refractivity contribution in [3.63, 3.8) is 0 Å². The molecule has 0 saturated heterocycles. The summed E-state index contributed by atoms with van der Waals surface area (Å²) in [6, 6.07) is 14.5. The fraction of sp³-hybridized carbons (Fsp3) is 0.500. The maximum atomic E-state index is 13.5. The molecule has 2 aromatic rings. The van der Waals surface area contributed by atoms with Gasteiger partial charge in [-0.25, -0.2) is 0 Å². The minimum Gasteiger partial charge on any atom is -0.352 e. The zero-order chi connectivity index (χ0) is 23.8. The van der Waals surface area contributed by atoms with Crippen LogP contribution in [0.25, 0.3) is 0 Å². The number of benzene rings is 2. The Bertz CT molecular complexity index is 932. The topological polar surface area (TPSA) is 49.4 Å². The lowest BCUT2D eigenvalue weighted by Crippen LogP contribution is -2.51. The van der Waals surface area contributed by atoms with Crippen LogP contribution in [-0.4, -0.2) is 34.6 Å². The molecule has 178 valence electrons. The molecule has 0 bridgehead atoms. The average molecular weight is 467 g/mol. The molecule has 2 aromatic carbocycles. The quantitative estimate of drug-likeness (QED) is 0.488. The average Bonchev–Trinajstić information content (AvgIpc) is 3.27. The zero-order valence-corrected chi connectivity index (χ0v) is 21.3. The predicted molar refractivity (Wildman–Crippen MR) is 138 cm³/mol. The molecule has 1 saturated carbocycles. The standard InChI is InChI=1S/C28H38N2O2S/c1-5-26(28(32)29-25-12-8-9-13-25)30(17-24-11-7-6-10-22(24)4)27(31)19-33-18-23-15-20(2)14-21(3)16-23/h6-7,10-11,14-16,25-26H,5,8-9,12-13,17-19H2,1-4H3,(H,29,32). The first-order valence-corrected chi connectivity index (χ1v) is 13.3. The van der Waals surface area contributed by atoms with Crippen molar-refractivity contribution < 1.29 is 9.59 Å².